The predicted octanol–water partition coefficient (Wildman–Crippen LogP) is 3.62. The Hall–Kier alpha value is -2.50. The van der Waals surface area contributed by atoms with Crippen molar-refractivity contribution in [1.82, 2.24) is 9.97 Å². The van der Waals surface area contributed by atoms with Crippen molar-refractivity contribution >= 4 is 13.2 Å². The molecule has 3 rings (SSSR count). The van der Waals surface area contributed by atoms with E-state index < -0.39 is 11.2 Å². The van der Waals surface area contributed by atoms with E-state index in [9.17, 15) is 5.11 Å². The Morgan fingerprint density at radius 2 is 1.22 bits per heavy atom. The molecule has 5 heteroatoms. The van der Waals surface area contributed by atoms with Gasteiger partial charge in [0.1, 0.15) is 5.72 Å². The first-order valence-electron chi connectivity index (χ1n) is 9.00. The van der Waals surface area contributed by atoms with Crippen molar-refractivity contribution < 1.29 is 9.76 Å². The fourth-order valence-electron chi connectivity index (χ4n) is 2.38. The Balaban J connectivity index is 1.98. The van der Waals surface area contributed by atoms with Crippen LogP contribution in [0, 0.1) is 0 Å². The van der Waals surface area contributed by atoms with Gasteiger partial charge in [0.05, 0.1) is 22.6 Å². The van der Waals surface area contributed by atoms with E-state index in [4.69, 9.17) is 4.65 Å². The molecule has 2 aromatic carbocycles. The van der Waals surface area contributed by atoms with Crippen LogP contribution >= 0.6 is 0 Å². The molecule has 1 heterocycles. The number of hydrogen-bond donors (Lipinski definition) is 1. The quantitative estimate of drug-likeness (QED) is 0.683. The van der Waals surface area contributed by atoms with Crippen LogP contribution in [-0.4, -0.2) is 33.8 Å². The van der Waals surface area contributed by atoms with Gasteiger partial charge >= 0.3 is 7.48 Å². The molecule has 0 saturated heterocycles. The summed E-state index contributed by atoms with van der Waals surface area (Å²) in [6, 6.07) is 21.9. The second kappa shape index (κ2) is 7.63. The molecule has 0 bridgehead atoms. The molecule has 0 amide bonds. The average molecular weight is 359 g/mol. The molecule has 0 fully saturated rings. The molecule has 0 aliphatic rings. The van der Waals surface area contributed by atoms with Gasteiger partial charge in [0.15, 0.2) is 0 Å². The van der Waals surface area contributed by atoms with Gasteiger partial charge in [-0.15, -0.1) is 0 Å². The molecule has 137 valence electrons. The molecule has 0 spiro atoms. The van der Waals surface area contributed by atoms with Crippen molar-refractivity contribution in [2.45, 2.75) is 38.9 Å². The van der Waals surface area contributed by atoms with E-state index in [1.807, 2.05) is 80.6 Å². The Morgan fingerprint density at radius 3 is 1.63 bits per heavy atom. The van der Waals surface area contributed by atoms with Gasteiger partial charge in [-0.25, -0.2) is 9.97 Å². The van der Waals surface area contributed by atoms with Gasteiger partial charge < -0.3 is 9.76 Å². The maximum atomic E-state index is 10.3. The van der Waals surface area contributed by atoms with Crippen LogP contribution in [0.5, 0.6) is 0 Å². The highest BCUT2D eigenvalue weighted by Gasteiger charge is 2.36. The summed E-state index contributed by atoms with van der Waals surface area (Å²) in [5.41, 5.74) is 2.32. The summed E-state index contributed by atoms with van der Waals surface area (Å²) in [7, 11) is 1.52. The van der Waals surface area contributed by atoms with Crippen molar-refractivity contribution in [3.63, 3.8) is 0 Å². The van der Waals surface area contributed by atoms with Gasteiger partial charge in [-0.05, 0) is 33.8 Å². The smallest absolute Gasteiger partial charge is 0.378 e. The Bertz CT molecular complexity index is 833. The second-order valence-corrected chi connectivity index (χ2v) is 7.53. The third kappa shape index (κ3) is 4.62. The fourth-order valence-corrected chi connectivity index (χ4v) is 2.38. The Morgan fingerprint density at radius 1 is 0.778 bits per heavy atom. The van der Waals surface area contributed by atoms with Crippen LogP contribution in [0.3, 0.4) is 0 Å². The van der Waals surface area contributed by atoms with Gasteiger partial charge in [-0.3, -0.25) is 0 Å². The average Bonchev–Trinajstić information content (AvgIpc) is 2.67. The number of nitrogens with zero attached hydrogens (tertiary/aromatic N) is 2. The normalized spacial score (nSPS) is 12.0. The van der Waals surface area contributed by atoms with Crippen LogP contribution < -0.4 is 5.72 Å². The van der Waals surface area contributed by atoms with Gasteiger partial charge in [0.2, 0.25) is 0 Å². The lowest BCUT2D eigenvalue weighted by Crippen LogP contribution is -2.49. The minimum Gasteiger partial charge on any atom is -0.424 e. The lowest BCUT2D eigenvalue weighted by atomic mass is 9.86. The van der Waals surface area contributed by atoms with Gasteiger partial charge in [-0.2, -0.15) is 0 Å². The molecule has 4 nitrogen and oxygen atoms in total. The zero-order valence-corrected chi connectivity index (χ0v) is 16.2. The highest BCUT2D eigenvalue weighted by atomic mass is 16.5. The number of aromatic nitrogens is 2. The van der Waals surface area contributed by atoms with E-state index in [1.54, 1.807) is 13.8 Å². The highest BCUT2D eigenvalue weighted by Crippen LogP contribution is 2.25. The van der Waals surface area contributed by atoms with Crippen LogP contribution in [0.4, 0.5) is 0 Å². The second-order valence-electron chi connectivity index (χ2n) is 7.53. The van der Waals surface area contributed by atoms with Crippen LogP contribution in [0.1, 0.15) is 27.7 Å². The monoisotopic (exact) mass is 359 g/mol. The minimum atomic E-state index is -1.01. The lowest BCUT2D eigenvalue weighted by Gasteiger charge is -2.37. The maximum absolute atomic E-state index is 10.3. The SMILES string of the molecule is CC(C)(O)C(C)(C)O[B]c1nc(-c2ccccc2)cc(-c2ccccc2)n1. The van der Waals surface area contributed by atoms with Gasteiger partial charge in [0.25, 0.3) is 0 Å². The summed E-state index contributed by atoms with van der Waals surface area (Å²) in [5, 5.41) is 10.3. The maximum Gasteiger partial charge on any atom is 0.378 e. The first kappa shape index (κ1) is 19.3. The highest BCUT2D eigenvalue weighted by molar-refractivity contribution is 6.44. The molecule has 0 unspecified atom stereocenters. The molecular formula is C22H24BN2O2. The standard InChI is InChI=1S/C22H24BN2O2/c1-21(2,26)22(3,4)27-23-20-24-18(16-11-7-5-8-12-16)15-19(25-20)17-13-9-6-10-14-17/h5-15,26H,1-4H3. The molecule has 0 aliphatic heterocycles. The molecule has 1 aromatic heterocycles. The van der Waals surface area contributed by atoms with E-state index in [-0.39, 0.29) is 0 Å². The topological polar surface area (TPSA) is 55.2 Å². The third-order valence-electron chi connectivity index (χ3n) is 4.81. The van der Waals surface area contributed by atoms with Crippen molar-refractivity contribution in [3.05, 3.63) is 66.7 Å². The zero-order valence-electron chi connectivity index (χ0n) is 16.2. The summed E-state index contributed by atoms with van der Waals surface area (Å²) >= 11 is 0. The Kier molecular flexibility index (Phi) is 5.44. The molecule has 27 heavy (non-hydrogen) atoms. The fraction of sp³-hybridized carbons (Fsp3) is 0.273. The van der Waals surface area contributed by atoms with Crippen molar-refractivity contribution in [1.29, 1.82) is 0 Å². The molecule has 1 radical (unpaired) electrons. The summed E-state index contributed by atoms with van der Waals surface area (Å²) in [5.74, 6) is 0. The van der Waals surface area contributed by atoms with Crippen molar-refractivity contribution in [2.75, 3.05) is 0 Å². The summed E-state index contributed by atoms with van der Waals surface area (Å²) in [4.78, 5) is 9.28. The van der Waals surface area contributed by atoms with E-state index in [0.29, 0.717) is 5.72 Å². The number of aliphatic hydroxyl groups is 1. The first-order chi connectivity index (χ1) is 12.8. The molecule has 0 aliphatic carbocycles. The van der Waals surface area contributed by atoms with Gasteiger partial charge in [-0.1, -0.05) is 60.7 Å². The molecular weight excluding hydrogens is 335 g/mol. The van der Waals surface area contributed by atoms with Crippen molar-refractivity contribution in [3.8, 4) is 22.5 Å². The Labute approximate surface area is 161 Å². The minimum absolute atomic E-state index is 0.465. The van der Waals surface area contributed by atoms with Crippen LogP contribution in [0.25, 0.3) is 22.5 Å². The zero-order chi connectivity index (χ0) is 19.5. The molecule has 0 atom stereocenters. The van der Waals surface area contributed by atoms with Gasteiger partial charge in [0, 0.05) is 11.1 Å². The van der Waals surface area contributed by atoms with E-state index in [0.717, 1.165) is 22.5 Å². The summed E-state index contributed by atoms with van der Waals surface area (Å²) < 4.78 is 5.86. The first-order valence-corrected chi connectivity index (χ1v) is 9.00. The van der Waals surface area contributed by atoms with Crippen LogP contribution in [-0.2, 0) is 4.65 Å². The van der Waals surface area contributed by atoms with E-state index >= 15 is 0 Å². The number of hydrogen-bond acceptors (Lipinski definition) is 4. The third-order valence-corrected chi connectivity index (χ3v) is 4.81. The predicted molar refractivity (Wildman–Crippen MR) is 110 cm³/mol. The summed E-state index contributed by atoms with van der Waals surface area (Å²) in [6.45, 7) is 7.11. The molecule has 0 saturated carbocycles. The van der Waals surface area contributed by atoms with E-state index in [2.05, 4.69) is 9.97 Å². The van der Waals surface area contributed by atoms with Crippen LogP contribution in [0.15, 0.2) is 66.7 Å². The number of rotatable bonds is 6. The molecule has 3 aromatic rings. The van der Waals surface area contributed by atoms with E-state index in [1.165, 1.54) is 7.48 Å². The largest absolute Gasteiger partial charge is 0.424 e. The van der Waals surface area contributed by atoms with Crippen molar-refractivity contribution in [2.24, 2.45) is 0 Å². The molecule has 1 N–H and O–H groups in total. The lowest BCUT2D eigenvalue weighted by molar-refractivity contribution is -0.0894. The summed E-state index contributed by atoms with van der Waals surface area (Å²) in [6.07, 6.45) is 0. The van der Waals surface area contributed by atoms with Crippen LogP contribution in [0.2, 0.25) is 0 Å². The number of benzene rings is 2.